The molecule has 2 amide bonds. The van der Waals surface area contributed by atoms with Gasteiger partial charge in [-0.1, -0.05) is 6.07 Å². The molecule has 0 bridgehead atoms. The number of anilines is 2. The first-order valence-electron chi connectivity index (χ1n) is 8.73. The molecule has 0 unspecified atom stereocenters. The Kier molecular flexibility index (Phi) is 5.67. The normalized spacial score (nSPS) is 14.7. The number of para-hydroxylation sites is 1. The zero-order valence-corrected chi connectivity index (χ0v) is 15.1. The van der Waals surface area contributed by atoms with Crippen LogP contribution in [0.2, 0.25) is 0 Å². The van der Waals surface area contributed by atoms with Crippen LogP contribution in [-0.2, 0) is 14.3 Å². The van der Waals surface area contributed by atoms with E-state index in [4.69, 9.17) is 4.74 Å². The van der Waals surface area contributed by atoms with Gasteiger partial charge < -0.3 is 15.0 Å². The number of nitrogens with one attached hydrogen (secondary N) is 1. The molecule has 8 heteroatoms. The van der Waals surface area contributed by atoms with Gasteiger partial charge in [-0.25, -0.2) is 13.6 Å². The van der Waals surface area contributed by atoms with Gasteiger partial charge >= 0.3 is 5.97 Å². The summed E-state index contributed by atoms with van der Waals surface area (Å²) in [7, 11) is 0. The third-order valence-corrected chi connectivity index (χ3v) is 4.35. The van der Waals surface area contributed by atoms with Crippen LogP contribution in [0.4, 0.5) is 20.2 Å². The van der Waals surface area contributed by atoms with E-state index < -0.39 is 35.3 Å². The SMILES string of the molecule is C[C@H](OC(=O)c1ccc(N2CCCC2=O)cc1)C(=O)Nc1c(F)cccc1F. The van der Waals surface area contributed by atoms with Crippen LogP contribution in [0.15, 0.2) is 42.5 Å². The zero-order chi connectivity index (χ0) is 20.3. The van der Waals surface area contributed by atoms with Crippen molar-refractivity contribution in [1.82, 2.24) is 0 Å². The maximum Gasteiger partial charge on any atom is 0.338 e. The molecule has 0 aliphatic carbocycles. The predicted molar refractivity (Wildman–Crippen MR) is 97.9 cm³/mol. The molecule has 1 aliphatic heterocycles. The Bertz CT molecular complexity index is 895. The molecule has 2 aromatic carbocycles. The summed E-state index contributed by atoms with van der Waals surface area (Å²) >= 11 is 0. The van der Waals surface area contributed by atoms with Gasteiger partial charge in [-0.3, -0.25) is 9.59 Å². The number of hydrogen-bond donors (Lipinski definition) is 1. The highest BCUT2D eigenvalue weighted by atomic mass is 19.1. The lowest BCUT2D eigenvalue weighted by Gasteiger charge is -2.16. The van der Waals surface area contributed by atoms with Crippen molar-refractivity contribution < 1.29 is 27.9 Å². The maximum atomic E-state index is 13.6. The van der Waals surface area contributed by atoms with E-state index in [1.165, 1.54) is 25.1 Å². The maximum absolute atomic E-state index is 13.6. The van der Waals surface area contributed by atoms with E-state index in [0.717, 1.165) is 18.6 Å². The van der Waals surface area contributed by atoms with Gasteiger partial charge in [0.15, 0.2) is 6.10 Å². The molecule has 0 radical (unpaired) electrons. The molecule has 0 aromatic heterocycles. The number of nitrogens with zero attached hydrogens (tertiary/aromatic N) is 1. The van der Waals surface area contributed by atoms with Crippen LogP contribution >= 0.6 is 0 Å². The standard InChI is InChI=1S/C20H18F2N2O4/c1-12(19(26)23-18-15(21)4-2-5-16(18)22)28-20(27)13-7-9-14(10-8-13)24-11-3-6-17(24)25/h2,4-5,7-10,12H,3,6,11H2,1H3,(H,23,26)/t12-/m0/s1. The van der Waals surface area contributed by atoms with Crippen molar-refractivity contribution in [3.05, 3.63) is 59.7 Å². The van der Waals surface area contributed by atoms with Crippen LogP contribution in [0, 0.1) is 11.6 Å². The Morgan fingerprint density at radius 1 is 1.11 bits per heavy atom. The van der Waals surface area contributed by atoms with Gasteiger partial charge in [0, 0.05) is 18.7 Å². The van der Waals surface area contributed by atoms with Crippen LogP contribution in [0.3, 0.4) is 0 Å². The first-order valence-corrected chi connectivity index (χ1v) is 8.73. The molecule has 1 heterocycles. The van der Waals surface area contributed by atoms with Crippen molar-refractivity contribution in [2.75, 3.05) is 16.8 Å². The lowest BCUT2D eigenvalue weighted by Crippen LogP contribution is -2.30. The van der Waals surface area contributed by atoms with Gasteiger partial charge in [-0.2, -0.15) is 0 Å². The minimum Gasteiger partial charge on any atom is -0.449 e. The van der Waals surface area contributed by atoms with Gasteiger partial charge in [-0.15, -0.1) is 0 Å². The van der Waals surface area contributed by atoms with Crippen LogP contribution in [0.1, 0.15) is 30.1 Å². The number of esters is 1. The largest absolute Gasteiger partial charge is 0.449 e. The second kappa shape index (κ2) is 8.16. The van der Waals surface area contributed by atoms with E-state index in [1.807, 2.05) is 0 Å². The number of carbonyl (C=O) groups excluding carboxylic acids is 3. The summed E-state index contributed by atoms with van der Waals surface area (Å²) in [6.07, 6.45) is 0.0167. The van der Waals surface area contributed by atoms with Crippen molar-refractivity contribution in [1.29, 1.82) is 0 Å². The second-order valence-corrected chi connectivity index (χ2v) is 6.33. The van der Waals surface area contributed by atoms with Crippen LogP contribution in [0.5, 0.6) is 0 Å². The number of carbonyl (C=O) groups is 3. The minimum absolute atomic E-state index is 0.0287. The van der Waals surface area contributed by atoms with E-state index >= 15 is 0 Å². The van der Waals surface area contributed by atoms with Gasteiger partial charge in [-0.05, 0) is 49.7 Å². The number of halogens is 2. The van der Waals surface area contributed by atoms with Crippen LogP contribution in [-0.4, -0.2) is 30.4 Å². The monoisotopic (exact) mass is 388 g/mol. The van der Waals surface area contributed by atoms with E-state index in [0.29, 0.717) is 18.7 Å². The predicted octanol–water partition coefficient (Wildman–Crippen LogP) is 3.28. The highest BCUT2D eigenvalue weighted by molar-refractivity contribution is 5.98. The summed E-state index contributed by atoms with van der Waals surface area (Å²) in [6, 6.07) is 9.40. The van der Waals surface area contributed by atoms with Gasteiger partial charge in [0.2, 0.25) is 5.91 Å². The molecular weight excluding hydrogens is 370 g/mol. The Hall–Kier alpha value is -3.29. The molecular formula is C20H18F2N2O4. The number of ether oxygens (including phenoxy) is 1. The fourth-order valence-electron chi connectivity index (χ4n) is 2.82. The number of amides is 2. The molecule has 6 nitrogen and oxygen atoms in total. The molecule has 146 valence electrons. The average Bonchev–Trinajstić information content (AvgIpc) is 3.10. The van der Waals surface area contributed by atoms with Gasteiger partial charge in [0.05, 0.1) is 5.56 Å². The fraction of sp³-hybridized carbons (Fsp3) is 0.250. The first kappa shape index (κ1) is 19.5. The van der Waals surface area contributed by atoms with Crippen molar-refractivity contribution in [2.45, 2.75) is 25.9 Å². The first-order chi connectivity index (χ1) is 13.4. The molecule has 2 aromatic rings. The highest BCUT2D eigenvalue weighted by Gasteiger charge is 2.23. The lowest BCUT2D eigenvalue weighted by molar-refractivity contribution is -0.123. The van der Waals surface area contributed by atoms with E-state index in [2.05, 4.69) is 5.32 Å². The van der Waals surface area contributed by atoms with Crippen molar-refractivity contribution in [3.63, 3.8) is 0 Å². The molecule has 0 spiro atoms. The lowest BCUT2D eigenvalue weighted by atomic mass is 10.2. The Morgan fingerprint density at radius 3 is 2.32 bits per heavy atom. The average molecular weight is 388 g/mol. The topological polar surface area (TPSA) is 75.7 Å². The third kappa shape index (κ3) is 4.16. The Morgan fingerprint density at radius 2 is 1.75 bits per heavy atom. The zero-order valence-electron chi connectivity index (χ0n) is 15.1. The van der Waals surface area contributed by atoms with Crippen molar-refractivity contribution in [3.8, 4) is 0 Å². The van der Waals surface area contributed by atoms with E-state index in [9.17, 15) is 23.2 Å². The van der Waals surface area contributed by atoms with Crippen LogP contribution < -0.4 is 10.2 Å². The van der Waals surface area contributed by atoms with Crippen molar-refractivity contribution >= 4 is 29.2 Å². The number of rotatable bonds is 5. The third-order valence-electron chi connectivity index (χ3n) is 4.35. The van der Waals surface area contributed by atoms with E-state index in [1.54, 1.807) is 17.0 Å². The highest BCUT2D eigenvalue weighted by Crippen LogP contribution is 2.22. The summed E-state index contributed by atoms with van der Waals surface area (Å²) in [5.41, 5.74) is 0.266. The molecule has 3 rings (SSSR count). The van der Waals surface area contributed by atoms with Crippen molar-refractivity contribution in [2.24, 2.45) is 0 Å². The van der Waals surface area contributed by atoms with Gasteiger partial charge in [0.1, 0.15) is 17.3 Å². The second-order valence-electron chi connectivity index (χ2n) is 6.33. The minimum atomic E-state index is -1.27. The Labute approximate surface area is 160 Å². The molecule has 1 aliphatic rings. The fourth-order valence-corrected chi connectivity index (χ4v) is 2.82. The summed E-state index contributed by atoms with van der Waals surface area (Å²) in [4.78, 5) is 37.7. The summed E-state index contributed by atoms with van der Waals surface area (Å²) < 4.78 is 32.3. The summed E-state index contributed by atoms with van der Waals surface area (Å²) in [5.74, 6) is -3.47. The van der Waals surface area contributed by atoms with Crippen LogP contribution in [0.25, 0.3) is 0 Å². The summed E-state index contributed by atoms with van der Waals surface area (Å²) in [6.45, 7) is 1.93. The molecule has 1 saturated heterocycles. The number of benzene rings is 2. The number of hydrogen-bond acceptors (Lipinski definition) is 4. The van der Waals surface area contributed by atoms with Gasteiger partial charge in [0.25, 0.3) is 5.91 Å². The molecule has 28 heavy (non-hydrogen) atoms. The van der Waals surface area contributed by atoms with E-state index in [-0.39, 0.29) is 11.5 Å². The smallest absolute Gasteiger partial charge is 0.338 e. The molecule has 1 fully saturated rings. The summed E-state index contributed by atoms with van der Waals surface area (Å²) in [5, 5.41) is 2.08. The quantitative estimate of drug-likeness (QED) is 0.798. The molecule has 1 atom stereocenters. The Balaban J connectivity index is 1.62. The molecule has 1 N–H and O–H groups in total. The molecule has 0 saturated carbocycles.